The van der Waals surface area contributed by atoms with Crippen molar-refractivity contribution in [3.63, 3.8) is 0 Å². The number of rotatable bonds is 3. The smallest absolute Gasteiger partial charge is 0.171 e. The molecule has 0 fully saturated rings. The van der Waals surface area contributed by atoms with Crippen molar-refractivity contribution in [2.75, 3.05) is 5.32 Å². The van der Waals surface area contributed by atoms with Crippen LogP contribution in [0.15, 0.2) is 42.5 Å². The molecular weight excluding hydrogens is 307 g/mol. The van der Waals surface area contributed by atoms with Crippen LogP contribution in [0.1, 0.15) is 24.1 Å². The third kappa shape index (κ3) is 4.41. The average molecular weight is 323 g/mol. The van der Waals surface area contributed by atoms with E-state index >= 15 is 0 Å². The highest BCUT2D eigenvalue weighted by Gasteiger charge is 2.07. The predicted octanol–water partition coefficient (Wildman–Crippen LogP) is 4.84. The lowest BCUT2D eigenvalue weighted by Gasteiger charge is -2.17. The van der Waals surface area contributed by atoms with Gasteiger partial charge < -0.3 is 10.6 Å². The van der Waals surface area contributed by atoms with Crippen LogP contribution in [-0.4, -0.2) is 5.11 Å². The van der Waals surface area contributed by atoms with Crippen LogP contribution in [0.5, 0.6) is 0 Å². The number of nitrogens with one attached hydrogen (secondary N) is 2. The molecule has 0 saturated heterocycles. The quantitative estimate of drug-likeness (QED) is 0.791. The second kappa shape index (κ2) is 6.87. The fourth-order valence-corrected chi connectivity index (χ4v) is 2.34. The van der Waals surface area contributed by atoms with Gasteiger partial charge >= 0.3 is 0 Å². The maximum Gasteiger partial charge on any atom is 0.171 e. The fraction of sp³-hybridized carbons (Fsp3) is 0.188. The Morgan fingerprint density at radius 2 is 1.86 bits per heavy atom. The third-order valence-electron chi connectivity index (χ3n) is 3.15. The molecule has 0 aliphatic carbocycles. The maximum atomic E-state index is 12.9. The molecule has 0 aromatic heterocycles. The van der Waals surface area contributed by atoms with Gasteiger partial charge in [0.15, 0.2) is 5.11 Å². The van der Waals surface area contributed by atoms with Gasteiger partial charge in [-0.05, 0) is 61.5 Å². The summed E-state index contributed by atoms with van der Waals surface area (Å²) >= 11 is 11.3. The zero-order valence-electron chi connectivity index (χ0n) is 11.8. The Balaban J connectivity index is 1.97. The van der Waals surface area contributed by atoms with E-state index in [1.54, 1.807) is 12.1 Å². The summed E-state index contributed by atoms with van der Waals surface area (Å²) in [4.78, 5) is 0. The Kier molecular flexibility index (Phi) is 5.15. The lowest BCUT2D eigenvalue weighted by atomic mass is 10.1. The lowest BCUT2D eigenvalue weighted by Crippen LogP contribution is -2.30. The molecule has 2 nitrogen and oxygen atoms in total. The van der Waals surface area contributed by atoms with Crippen LogP contribution >= 0.6 is 23.8 Å². The van der Waals surface area contributed by atoms with Crippen molar-refractivity contribution in [2.24, 2.45) is 0 Å². The molecule has 0 aliphatic rings. The normalized spacial score (nSPS) is 11.8. The van der Waals surface area contributed by atoms with Crippen LogP contribution in [-0.2, 0) is 0 Å². The number of aryl methyl sites for hydroxylation is 1. The van der Waals surface area contributed by atoms with E-state index in [0.29, 0.717) is 10.1 Å². The highest BCUT2D eigenvalue weighted by molar-refractivity contribution is 7.80. The number of benzene rings is 2. The second-order valence-electron chi connectivity index (χ2n) is 4.84. The first kappa shape index (κ1) is 15.7. The minimum absolute atomic E-state index is 0.0217. The summed E-state index contributed by atoms with van der Waals surface area (Å²) in [5.74, 6) is -0.249. The van der Waals surface area contributed by atoms with Crippen LogP contribution in [0.25, 0.3) is 0 Å². The molecule has 0 amide bonds. The van der Waals surface area contributed by atoms with Crippen molar-refractivity contribution in [1.29, 1.82) is 0 Å². The van der Waals surface area contributed by atoms with Gasteiger partial charge in [0.1, 0.15) is 5.82 Å². The van der Waals surface area contributed by atoms with E-state index in [2.05, 4.69) is 10.6 Å². The first-order valence-electron chi connectivity index (χ1n) is 6.55. The Morgan fingerprint density at radius 3 is 2.48 bits per heavy atom. The van der Waals surface area contributed by atoms with Crippen LogP contribution < -0.4 is 10.6 Å². The highest BCUT2D eigenvalue weighted by Crippen LogP contribution is 2.20. The van der Waals surface area contributed by atoms with Crippen molar-refractivity contribution in [1.82, 2.24) is 5.32 Å². The monoisotopic (exact) mass is 322 g/mol. The van der Waals surface area contributed by atoms with Crippen molar-refractivity contribution in [2.45, 2.75) is 19.9 Å². The first-order chi connectivity index (χ1) is 9.95. The van der Waals surface area contributed by atoms with Crippen molar-refractivity contribution >= 4 is 34.6 Å². The van der Waals surface area contributed by atoms with Gasteiger partial charge in [-0.3, -0.25) is 0 Å². The predicted molar refractivity (Wildman–Crippen MR) is 90.4 cm³/mol. The van der Waals surface area contributed by atoms with E-state index < -0.39 is 0 Å². The van der Waals surface area contributed by atoms with E-state index in [1.165, 1.54) is 12.1 Å². The summed E-state index contributed by atoms with van der Waals surface area (Å²) < 4.78 is 12.9. The summed E-state index contributed by atoms with van der Waals surface area (Å²) in [7, 11) is 0. The van der Waals surface area contributed by atoms with E-state index in [4.69, 9.17) is 23.8 Å². The Hall–Kier alpha value is -1.65. The Labute approximate surface area is 134 Å². The zero-order chi connectivity index (χ0) is 15.4. The molecule has 110 valence electrons. The lowest BCUT2D eigenvalue weighted by molar-refractivity contribution is 0.624. The molecule has 5 heteroatoms. The first-order valence-corrected chi connectivity index (χ1v) is 7.33. The SMILES string of the molecule is Cc1ccc(NC(=S)NC(C)c2ccc(F)cc2)cc1Cl. The number of anilines is 1. The minimum atomic E-state index is -0.249. The summed E-state index contributed by atoms with van der Waals surface area (Å²) in [6, 6.07) is 12.0. The van der Waals surface area contributed by atoms with E-state index in [9.17, 15) is 4.39 Å². The van der Waals surface area contributed by atoms with Gasteiger partial charge in [0.25, 0.3) is 0 Å². The van der Waals surface area contributed by atoms with Crippen LogP contribution in [0.2, 0.25) is 5.02 Å². The molecule has 0 saturated carbocycles. The van der Waals surface area contributed by atoms with Gasteiger partial charge in [-0.25, -0.2) is 4.39 Å². The van der Waals surface area contributed by atoms with Crippen LogP contribution in [0, 0.1) is 12.7 Å². The molecule has 1 unspecified atom stereocenters. The second-order valence-corrected chi connectivity index (χ2v) is 5.65. The summed E-state index contributed by atoms with van der Waals surface area (Å²) in [5, 5.41) is 7.42. The molecule has 0 aliphatic heterocycles. The number of hydrogen-bond donors (Lipinski definition) is 2. The number of thiocarbonyl (C=S) groups is 1. The molecule has 0 bridgehead atoms. The zero-order valence-corrected chi connectivity index (χ0v) is 13.4. The van der Waals surface area contributed by atoms with Gasteiger partial charge in [0, 0.05) is 10.7 Å². The highest BCUT2D eigenvalue weighted by atomic mass is 35.5. The van der Waals surface area contributed by atoms with Crippen LogP contribution in [0.3, 0.4) is 0 Å². The third-order valence-corrected chi connectivity index (χ3v) is 3.77. The molecule has 1 atom stereocenters. The van der Waals surface area contributed by atoms with Crippen molar-refractivity contribution in [3.8, 4) is 0 Å². The summed E-state index contributed by atoms with van der Waals surface area (Å²) in [5.41, 5.74) is 2.80. The van der Waals surface area contributed by atoms with Gasteiger partial charge in [0.05, 0.1) is 6.04 Å². The van der Waals surface area contributed by atoms with E-state index in [0.717, 1.165) is 16.8 Å². The van der Waals surface area contributed by atoms with E-state index in [-0.39, 0.29) is 11.9 Å². The van der Waals surface area contributed by atoms with E-state index in [1.807, 2.05) is 32.0 Å². The molecule has 0 heterocycles. The Bertz CT molecular complexity index is 643. The van der Waals surface area contributed by atoms with Crippen molar-refractivity contribution < 1.29 is 4.39 Å². The van der Waals surface area contributed by atoms with Crippen molar-refractivity contribution in [3.05, 3.63) is 64.4 Å². The molecule has 0 spiro atoms. The number of halogens is 2. The molecule has 2 aromatic rings. The number of hydrogen-bond acceptors (Lipinski definition) is 1. The van der Waals surface area contributed by atoms with Gasteiger partial charge in [-0.2, -0.15) is 0 Å². The molecule has 21 heavy (non-hydrogen) atoms. The molecular formula is C16H16ClFN2S. The summed E-state index contributed by atoms with van der Waals surface area (Å²) in [6.45, 7) is 3.91. The molecule has 2 aromatic carbocycles. The largest absolute Gasteiger partial charge is 0.356 e. The van der Waals surface area contributed by atoms with Gasteiger partial charge in [-0.1, -0.05) is 29.8 Å². The fourth-order valence-electron chi connectivity index (χ4n) is 1.87. The standard InChI is InChI=1S/C16H16ClFN2S/c1-10-3-8-14(9-15(10)17)20-16(21)19-11(2)12-4-6-13(18)7-5-12/h3-9,11H,1-2H3,(H2,19,20,21). The Morgan fingerprint density at radius 1 is 1.19 bits per heavy atom. The molecule has 0 radical (unpaired) electrons. The van der Waals surface area contributed by atoms with Gasteiger partial charge in [0.2, 0.25) is 0 Å². The van der Waals surface area contributed by atoms with Crippen LogP contribution in [0.4, 0.5) is 10.1 Å². The summed E-state index contributed by atoms with van der Waals surface area (Å²) in [6.07, 6.45) is 0. The molecule has 2 rings (SSSR count). The topological polar surface area (TPSA) is 24.1 Å². The van der Waals surface area contributed by atoms with Gasteiger partial charge in [-0.15, -0.1) is 0 Å². The molecule has 2 N–H and O–H groups in total. The minimum Gasteiger partial charge on any atom is -0.356 e. The average Bonchev–Trinajstić information content (AvgIpc) is 2.43. The maximum absolute atomic E-state index is 12.9.